The fraction of sp³-hybridized carbons (Fsp3) is 0.0385. The lowest BCUT2D eigenvalue weighted by atomic mass is 10.0. The number of benzene rings is 4. The van der Waals surface area contributed by atoms with E-state index in [1.165, 1.54) is 11.1 Å². The lowest BCUT2D eigenvalue weighted by Gasteiger charge is -2.10. The summed E-state index contributed by atoms with van der Waals surface area (Å²) in [5, 5.41) is 13.3. The van der Waals surface area contributed by atoms with Crippen LogP contribution in [0.5, 0.6) is 0 Å². The molecular weight excluding hydrogens is 382 g/mol. The third-order valence-electron chi connectivity index (χ3n) is 5.14. The standard InChI is InChI=1S/C26H21N5/c1-3-9-20(10-4-1)21-15-17-22(18-16-21)25(28-27-23-11-5-2-6-12-23)19-31-26-14-8-7-13-24(26)29-30-31/h1-18,27H,19H2/b28-25+. The molecule has 0 amide bonds. The Hall–Kier alpha value is -4.25. The first kappa shape index (κ1) is 18.8. The van der Waals surface area contributed by atoms with Crippen molar-refractivity contribution in [2.45, 2.75) is 6.54 Å². The number of anilines is 1. The molecule has 0 atom stereocenters. The number of hydrazone groups is 1. The van der Waals surface area contributed by atoms with Gasteiger partial charge in [-0.1, -0.05) is 90.1 Å². The van der Waals surface area contributed by atoms with Gasteiger partial charge in [-0.3, -0.25) is 5.43 Å². The minimum Gasteiger partial charge on any atom is -0.278 e. The molecule has 150 valence electrons. The van der Waals surface area contributed by atoms with Crippen LogP contribution in [0.3, 0.4) is 0 Å². The van der Waals surface area contributed by atoms with Crippen molar-refractivity contribution in [2.24, 2.45) is 5.10 Å². The van der Waals surface area contributed by atoms with Gasteiger partial charge in [-0.05, 0) is 41.0 Å². The number of aromatic nitrogens is 3. The predicted molar refractivity (Wildman–Crippen MR) is 126 cm³/mol. The first-order valence-electron chi connectivity index (χ1n) is 10.2. The predicted octanol–water partition coefficient (Wildman–Crippen LogP) is 5.61. The molecule has 0 aliphatic heterocycles. The van der Waals surface area contributed by atoms with E-state index < -0.39 is 0 Å². The van der Waals surface area contributed by atoms with Crippen LogP contribution in [0, 0.1) is 0 Å². The second-order valence-electron chi connectivity index (χ2n) is 7.22. The van der Waals surface area contributed by atoms with Crippen molar-refractivity contribution in [3.63, 3.8) is 0 Å². The molecule has 0 unspecified atom stereocenters. The Morgan fingerprint density at radius 1 is 0.710 bits per heavy atom. The van der Waals surface area contributed by atoms with Gasteiger partial charge in [0.15, 0.2) is 0 Å². The van der Waals surface area contributed by atoms with Crippen LogP contribution in [0.2, 0.25) is 0 Å². The first-order valence-corrected chi connectivity index (χ1v) is 10.2. The molecule has 1 aromatic heterocycles. The van der Waals surface area contributed by atoms with Gasteiger partial charge in [0.1, 0.15) is 5.52 Å². The van der Waals surface area contributed by atoms with Crippen molar-refractivity contribution >= 4 is 22.4 Å². The van der Waals surface area contributed by atoms with Gasteiger partial charge < -0.3 is 0 Å². The molecule has 5 heteroatoms. The number of fused-ring (bicyclic) bond motifs is 1. The summed E-state index contributed by atoms with van der Waals surface area (Å²) in [6.45, 7) is 0.505. The number of nitrogens with one attached hydrogen (secondary N) is 1. The molecule has 1 heterocycles. The van der Waals surface area contributed by atoms with Gasteiger partial charge in [-0.15, -0.1) is 5.10 Å². The molecule has 31 heavy (non-hydrogen) atoms. The number of para-hydroxylation sites is 2. The zero-order chi connectivity index (χ0) is 20.9. The fourth-order valence-corrected chi connectivity index (χ4v) is 3.50. The number of hydrogen-bond donors (Lipinski definition) is 1. The minimum atomic E-state index is 0.505. The number of hydrogen-bond acceptors (Lipinski definition) is 4. The summed E-state index contributed by atoms with van der Waals surface area (Å²) < 4.78 is 1.88. The average Bonchev–Trinajstić information content (AvgIpc) is 3.26. The highest BCUT2D eigenvalue weighted by Crippen LogP contribution is 2.20. The molecule has 0 saturated carbocycles. The van der Waals surface area contributed by atoms with E-state index in [0.717, 1.165) is 28.0 Å². The molecule has 0 aliphatic carbocycles. The zero-order valence-corrected chi connectivity index (χ0v) is 16.9. The van der Waals surface area contributed by atoms with Crippen molar-refractivity contribution in [1.29, 1.82) is 0 Å². The SMILES string of the molecule is c1ccc(N/N=C(\Cn2nnc3ccccc32)c2ccc(-c3ccccc3)cc2)cc1. The van der Waals surface area contributed by atoms with Crippen molar-refractivity contribution in [3.8, 4) is 11.1 Å². The lowest BCUT2D eigenvalue weighted by Crippen LogP contribution is -2.15. The van der Waals surface area contributed by atoms with Gasteiger partial charge in [-0.25, -0.2) is 4.68 Å². The van der Waals surface area contributed by atoms with Crippen LogP contribution in [0.1, 0.15) is 5.56 Å². The maximum Gasteiger partial charge on any atom is 0.113 e. The van der Waals surface area contributed by atoms with Crippen LogP contribution >= 0.6 is 0 Å². The third kappa shape index (κ3) is 4.21. The van der Waals surface area contributed by atoms with E-state index in [4.69, 9.17) is 5.10 Å². The van der Waals surface area contributed by atoms with Crippen molar-refractivity contribution in [3.05, 3.63) is 115 Å². The summed E-state index contributed by atoms with van der Waals surface area (Å²) in [5.74, 6) is 0. The largest absolute Gasteiger partial charge is 0.278 e. The first-order chi connectivity index (χ1) is 15.4. The molecule has 4 aromatic carbocycles. The van der Waals surface area contributed by atoms with Gasteiger partial charge in [0.2, 0.25) is 0 Å². The molecule has 0 spiro atoms. The minimum absolute atomic E-state index is 0.505. The van der Waals surface area contributed by atoms with E-state index in [1.807, 2.05) is 65.3 Å². The Bertz CT molecular complexity index is 1310. The van der Waals surface area contributed by atoms with Gasteiger partial charge >= 0.3 is 0 Å². The highest BCUT2D eigenvalue weighted by Gasteiger charge is 2.10. The smallest absolute Gasteiger partial charge is 0.113 e. The molecule has 0 bridgehead atoms. The Labute approximate surface area is 180 Å². The van der Waals surface area contributed by atoms with Crippen molar-refractivity contribution in [2.75, 3.05) is 5.43 Å². The van der Waals surface area contributed by atoms with Crippen LogP contribution in [0.25, 0.3) is 22.2 Å². The molecular formula is C26H21N5. The molecule has 5 nitrogen and oxygen atoms in total. The van der Waals surface area contributed by atoms with Crippen molar-refractivity contribution < 1.29 is 0 Å². The van der Waals surface area contributed by atoms with Gasteiger partial charge in [-0.2, -0.15) is 5.10 Å². The van der Waals surface area contributed by atoms with Crippen molar-refractivity contribution in [1.82, 2.24) is 15.0 Å². The van der Waals surface area contributed by atoms with Crippen LogP contribution < -0.4 is 5.43 Å². The van der Waals surface area contributed by atoms with E-state index in [0.29, 0.717) is 6.54 Å². The van der Waals surface area contributed by atoms with E-state index in [1.54, 1.807) is 0 Å². The highest BCUT2D eigenvalue weighted by molar-refractivity contribution is 6.01. The van der Waals surface area contributed by atoms with Crippen LogP contribution in [-0.2, 0) is 6.54 Å². The lowest BCUT2D eigenvalue weighted by molar-refractivity contribution is 0.700. The maximum absolute atomic E-state index is 4.73. The highest BCUT2D eigenvalue weighted by atomic mass is 15.4. The van der Waals surface area contributed by atoms with E-state index in [-0.39, 0.29) is 0 Å². The van der Waals surface area contributed by atoms with E-state index in [9.17, 15) is 0 Å². The van der Waals surface area contributed by atoms with Crippen LogP contribution in [0.15, 0.2) is 114 Å². The molecule has 0 fully saturated rings. The molecule has 1 N–H and O–H groups in total. The monoisotopic (exact) mass is 403 g/mol. The fourth-order valence-electron chi connectivity index (χ4n) is 3.50. The zero-order valence-electron chi connectivity index (χ0n) is 16.9. The third-order valence-corrected chi connectivity index (χ3v) is 5.14. The quantitative estimate of drug-likeness (QED) is 0.296. The molecule has 0 aliphatic rings. The Kier molecular flexibility index (Phi) is 5.22. The Morgan fingerprint density at radius 3 is 2.13 bits per heavy atom. The summed E-state index contributed by atoms with van der Waals surface area (Å²) in [7, 11) is 0. The topological polar surface area (TPSA) is 55.1 Å². The maximum atomic E-state index is 4.73. The average molecular weight is 403 g/mol. The number of rotatable bonds is 6. The Morgan fingerprint density at radius 2 is 1.35 bits per heavy atom. The van der Waals surface area contributed by atoms with E-state index in [2.05, 4.69) is 64.3 Å². The van der Waals surface area contributed by atoms with Crippen LogP contribution in [0.4, 0.5) is 5.69 Å². The summed E-state index contributed by atoms with van der Waals surface area (Å²) in [4.78, 5) is 0. The second kappa shape index (κ2) is 8.63. The molecule has 5 rings (SSSR count). The molecule has 0 radical (unpaired) electrons. The molecule has 0 saturated heterocycles. The summed E-state index contributed by atoms with van der Waals surface area (Å²) in [6.07, 6.45) is 0. The Balaban J connectivity index is 1.49. The van der Waals surface area contributed by atoms with Gasteiger partial charge in [0.05, 0.1) is 23.5 Å². The van der Waals surface area contributed by atoms with Gasteiger partial charge in [0.25, 0.3) is 0 Å². The van der Waals surface area contributed by atoms with E-state index >= 15 is 0 Å². The summed E-state index contributed by atoms with van der Waals surface area (Å²) in [5.41, 5.74) is 10.2. The second-order valence-corrected chi connectivity index (χ2v) is 7.22. The van der Waals surface area contributed by atoms with Gasteiger partial charge in [0, 0.05) is 0 Å². The normalized spacial score (nSPS) is 11.5. The van der Waals surface area contributed by atoms with Crippen LogP contribution in [-0.4, -0.2) is 20.7 Å². The summed E-state index contributed by atoms with van der Waals surface area (Å²) >= 11 is 0. The molecule has 5 aromatic rings. The summed E-state index contributed by atoms with van der Waals surface area (Å²) in [6, 6.07) is 36.7. The number of nitrogens with zero attached hydrogens (tertiary/aromatic N) is 4.